The van der Waals surface area contributed by atoms with E-state index in [9.17, 15) is 10.2 Å². The van der Waals surface area contributed by atoms with Crippen LogP contribution in [0.25, 0.3) is 56.5 Å². The number of aromatic amines is 2. The standard InChI is InChI=1S/C32H24N4O2/c37-31-27-18-23-13-15-25(35-23)28(19-7-3-1-4-8-19)24-14-11-21(33-24)17-22-12-16-26(34-22)29(30(36-27)32(31)38)20-9-5-2-6-10-20/h1-18,31-32,34-35,37-38H/t31-,32+/m1/s1. The first-order valence-corrected chi connectivity index (χ1v) is 12.5. The lowest BCUT2D eigenvalue weighted by Gasteiger charge is -2.11. The van der Waals surface area contributed by atoms with Crippen LogP contribution in [0, 0.1) is 0 Å². The lowest BCUT2D eigenvalue weighted by molar-refractivity contribution is 0.0257. The third-order valence-corrected chi connectivity index (χ3v) is 6.99. The largest absolute Gasteiger partial charge is 0.384 e. The Morgan fingerprint density at radius 2 is 1.18 bits per heavy atom. The van der Waals surface area contributed by atoms with Crippen LogP contribution in [0.4, 0.5) is 0 Å². The molecule has 0 spiro atoms. The van der Waals surface area contributed by atoms with Crippen LogP contribution in [0.3, 0.4) is 0 Å². The fourth-order valence-electron chi connectivity index (χ4n) is 5.20. The van der Waals surface area contributed by atoms with Gasteiger partial charge in [0, 0.05) is 33.2 Å². The van der Waals surface area contributed by atoms with Gasteiger partial charge in [0.25, 0.3) is 0 Å². The average Bonchev–Trinajstić information content (AvgIpc) is 3.74. The van der Waals surface area contributed by atoms with Crippen LogP contribution in [0.5, 0.6) is 0 Å². The topological polar surface area (TPSA) is 97.8 Å². The summed E-state index contributed by atoms with van der Waals surface area (Å²) in [6.45, 7) is 0. The Labute approximate surface area is 218 Å². The Balaban J connectivity index is 1.61. The molecule has 4 N–H and O–H groups in total. The second-order valence-electron chi connectivity index (χ2n) is 9.49. The predicted molar refractivity (Wildman–Crippen MR) is 151 cm³/mol. The predicted octanol–water partition coefficient (Wildman–Crippen LogP) is 6.59. The zero-order valence-electron chi connectivity index (χ0n) is 20.3. The van der Waals surface area contributed by atoms with Crippen molar-refractivity contribution in [2.45, 2.75) is 12.2 Å². The Hall–Kier alpha value is -4.78. The number of nitrogens with zero attached hydrogens (tertiary/aromatic N) is 2. The number of benzene rings is 2. The number of aliphatic hydroxyl groups excluding tert-OH is 2. The third kappa shape index (κ3) is 3.84. The summed E-state index contributed by atoms with van der Waals surface area (Å²) in [5, 5.41) is 22.1. The van der Waals surface area contributed by atoms with Crippen molar-refractivity contribution < 1.29 is 10.2 Å². The van der Waals surface area contributed by atoms with Crippen molar-refractivity contribution in [1.82, 2.24) is 19.9 Å². The van der Waals surface area contributed by atoms with Gasteiger partial charge in [-0.25, -0.2) is 4.98 Å². The molecule has 0 unspecified atom stereocenters. The van der Waals surface area contributed by atoms with Gasteiger partial charge in [-0.1, -0.05) is 60.7 Å². The Bertz CT molecular complexity index is 1850. The van der Waals surface area contributed by atoms with Crippen LogP contribution in [0.2, 0.25) is 0 Å². The molecule has 2 atom stereocenters. The molecule has 184 valence electrons. The van der Waals surface area contributed by atoms with Crippen LogP contribution in [0.1, 0.15) is 35.0 Å². The summed E-state index contributed by atoms with van der Waals surface area (Å²) in [7, 11) is 0. The molecule has 7 rings (SSSR count). The average molecular weight is 497 g/mol. The fraction of sp³-hybridized carbons (Fsp3) is 0.0625. The van der Waals surface area contributed by atoms with Gasteiger partial charge in [-0.05, 0) is 59.7 Å². The van der Waals surface area contributed by atoms with E-state index < -0.39 is 12.2 Å². The van der Waals surface area contributed by atoms with Crippen molar-refractivity contribution in [1.29, 1.82) is 0 Å². The number of fused-ring (bicyclic) bond motifs is 8. The highest BCUT2D eigenvalue weighted by molar-refractivity contribution is 5.91. The lowest BCUT2D eigenvalue weighted by Crippen LogP contribution is -2.04. The number of aromatic nitrogens is 4. The normalized spacial score (nSPS) is 16.6. The first kappa shape index (κ1) is 22.4. The zero-order valence-corrected chi connectivity index (χ0v) is 20.3. The van der Waals surface area contributed by atoms with Crippen LogP contribution >= 0.6 is 0 Å². The van der Waals surface area contributed by atoms with Crippen molar-refractivity contribution in [2.24, 2.45) is 0 Å². The van der Waals surface area contributed by atoms with Crippen molar-refractivity contribution >= 4 is 34.2 Å². The van der Waals surface area contributed by atoms with E-state index in [1.165, 1.54) is 0 Å². The van der Waals surface area contributed by atoms with Gasteiger partial charge >= 0.3 is 0 Å². The highest BCUT2D eigenvalue weighted by Gasteiger charge is 2.31. The second-order valence-corrected chi connectivity index (χ2v) is 9.49. The quantitative estimate of drug-likeness (QED) is 0.217. The number of hydrogen-bond acceptors (Lipinski definition) is 4. The Morgan fingerprint density at radius 1 is 0.579 bits per heavy atom. The summed E-state index contributed by atoms with van der Waals surface area (Å²) in [5.41, 5.74) is 9.51. The van der Waals surface area contributed by atoms with Gasteiger partial charge in [0.15, 0.2) is 0 Å². The van der Waals surface area contributed by atoms with Crippen LogP contribution in [-0.4, -0.2) is 30.1 Å². The molecule has 2 aromatic carbocycles. The SMILES string of the molecule is O[C@@H]1c2cc3ccc([nH]3)c(-c3ccccc3)c3nc(cc4ccc([nH]4)c(-c4ccccc4)c(n2)[C@@H]1O)C=C3. The molecule has 5 heterocycles. The van der Waals surface area contributed by atoms with Gasteiger partial charge in [-0.15, -0.1) is 0 Å². The molecule has 2 aliphatic rings. The third-order valence-electron chi connectivity index (χ3n) is 6.99. The molecule has 6 nitrogen and oxygen atoms in total. The minimum absolute atomic E-state index is 0.398. The van der Waals surface area contributed by atoms with Gasteiger partial charge in [0.1, 0.15) is 12.2 Å². The zero-order chi connectivity index (χ0) is 25.6. The summed E-state index contributed by atoms with van der Waals surface area (Å²) >= 11 is 0. The van der Waals surface area contributed by atoms with Crippen molar-refractivity contribution in [3.63, 3.8) is 0 Å². The highest BCUT2D eigenvalue weighted by Crippen LogP contribution is 2.39. The molecular formula is C32H24N4O2. The minimum Gasteiger partial charge on any atom is -0.384 e. The summed E-state index contributed by atoms with van der Waals surface area (Å²) < 4.78 is 0. The van der Waals surface area contributed by atoms with E-state index in [0.717, 1.165) is 55.7 Å². The molecular weight excluding hydrogens is 472 g/mol. The molecule has 0 saturated carbocycles. The molecule has 0 radical (unpaired) electrons. The van der Waals surface area contributed by atoms with E-state index in [4.69, 9.17) is 9.97 Å². The summed E-state index contributed by atoms with van der Waals surface area (Å²) in [4.78, 5) is 16.6. The van der Waals surface area contributed by atoms with E-state index in [0.29, 0.717) is 11.4 Å². The van der Waals surface area contributed by atoms with Crippen LogP contribution in [-0.2, 0) is 0 Å². The van der Waals surface area contributed by atoms with Crippen molar-refractivity contribution in [3.8, 4) is 22.3 Å². The highest BCUT2D eigenvalue weighted by atomic mass is 16.3. The van der Waals surface area contributed by atoms with Gasteiger partial charge in [0.2, 0.25) is 0 Å². The Morgan fingerprint density at radius 3 is 1.87 bits per heavy atom. The molecule has 3 aromatic heterocycles. The molecule has 2 aliphatic heterocycles. The molecule has 0 aliphatic carbocycles. The molecule has 0 saturated heterocycles. The summed E-state index contributed by atoms with van der Waals surface area (Å²) in [6.07, 6.45) is 1.73. The minimum atomic E-state index is -1.16. The maximum Gasteiger partial charge on any atom is 0.128 e. The summed E-state index contributed by atoms with van der Waals surface area (Å²) in [6, 6.07) is 31.6. The molecule has 38 heavy (non-hydrogen) atoms. The lowest BCUT2D eigenvalue weighted by atomic mass is 10.00. The van der Waals surface area contributed by atoms with Crippen molar-refractivity contribution in [3.05, 3.63) is 120 Å². The van der Waals surface area contributed by atoms with E-state index in [1.54, 1.807) is 6.07 Å². The van der Waals surface area contributed by atoms with Gasteiger partial charge < -0.3 is 20.2 Å². The number of rotatable bonds is 2. The number of aliphatic hydroxyl groups is 2. The van der Waals surface area contributed by atoms with E-state index in [2.05, 4.69) is 22.1 Å². The van der Waals surface area contributed by atoms with E-state index in [1.807, 2.05) is 91.0 Å². The Kier molecular flexibility index (Phi) is 5.28. The number of nitrogens with one attached hydrogen (secondary N) is 2. The number of H-pyrrole nitrogens is 2. The van der Waals surface area contributed by atoms with Gasteiger partial charge in [-0.2, -0.15) is 0 Å². The van der Waals surface area contributed by atoms with E-state index >= 15 is 0 Å². The van der Waals surface area contributed by atoms with Gasteiger partial charge in [0.05, 0.1) is 22.8 Å². The van der Waals surface area contributed by atoms with Crippen LogP contribution < -0.4 is 0 Å². The smallest absolute Gasteiger partial charge is 0.128 e. The first-order valence-electron chi connectivity index (χ1n) is 12.5. The monoisotopic (exact) mass is 496 g/mol. The van der Waals surface area contributed by atoms with Crippen molar-refractivity contribution in [2.75, 3.05) is 0 Å². The molecule has 8 bridgehead atoms. The molecule has 5 aromatic rings. The molecule has 6 heteroatoms. The molecule has 0 amide bonds. The first-order chi connectivity index (χ1) is 18.6. The number of hydrogen-bond donors (Lipinski definition) is 4. The maximum absolute atomic E-state index is 11.1. The summed E-state index contributed by atoms with van der Waals surface area (Å²) in [5.74, 6) is 0. The fourth-order valence-corrected chi connectivity index (χ4v) is 5.20. The van der Waals surface area contributed by atoms with Crippen LogP contribution in [0.15, 0.2) is 97.1 Å². The van der Waals surface area contributed by atoms with Gasteiger partial charge in [-0.3, -0.25) is 4.98 Å². The maximum atomic E-state index is 11.1. The molecule has 0 fully saturated rings. The van der Waals surface area contributed by atoms with E-state index in [-0.39, 0.29) is 0 Å². The second kappa shape index (κ2) is 8.95.